The summed E-state index contributed by atoms with van der Waals surface area (Å²) in [5.41, 5.74) is 0. The van der Waals surface area contributed by atoms with Crippen molar-refractivity contribution < 1.29 is 63.1 Å². The Bertz CT molecular complexity index is 1080. The van der Waals surface area contributed by atoms with E-state index in [4.69, 9.17) is 18.5 Å². The van der Waals surface area contributed by atoms with Gasteiger partial charge in [0.05, 0.1) is 6.61 Å². The van der Waals surface area contributed by atoms with E-state index in [0.29, 0.717) is 12.8 Å². The van der Waals surface area contributed by atoms with Crippen molar-refractivity contribution in [1.29, 1.82) is 0 Å². The van der Waals surface area contributed by atoms with E-state index < -0.39 is 75.7 Å². The van der Waals surface area contributed by atoms with Crippen molar-refractivity contribution in [3.8, 4) is 0 Å². The number of carbonyl (C=O) groups excluding carboxylic acids is 2. The van der Waals surface area contributed by atoms with Crippen LogP contribution in [0.3, 0.4) is 0 Å². The maximum atomic E-state index is 12.8. The first-order valence-corrected chi connectivity index (χ1v) is 24.5. The lowest BCUT2D eigenvalue weighted by Crippen LogP contribution is -2.64. The van der Waals surface area contributed by atoms with Crippen molar-refractivity contribution in [3.63, 3.8) is 0 Å². The first-order valence-electron chi connectivity index (χ1n) is 23.0. The van der Waals surface area contributed by atoms with Crippen LogP contribution in [-0.4, -0.2) is 98.3 Å². The Morgan fingerprint density at radius 3 is 1.31 bits per heavy atom. The number of unbranched alkanes of at least 4 members (excludes halogenated alkanes) is 24. The largest absolute Gasteiger partial charge is 0.472 e. The monoisotopic (exact) mass is 851 g/mol. The Morgan fingerprint density at radius 2 is 0.879 bits per heavy atom. The predicted molar refractivity (Wildman–Crippen MR) is 226 cm³/mol. The second-order valence-electron chi connectivity index (χ2n) is 16.3. The number of aliphatic hydroxyl groups is 5. The van der Waals surface area contributed by atoms with Crippen molar-refractivity contribution in [2.45, 2.75) is 243 Å². The summed E-state index contributed by atoms with van der Waals surface area (Å²) in [6.07, 6.45) is 22.8. The lowest BCUT2D eigenvalue weighted by molar-refractivity contribution is -0.220. The van der Waals surface area contributed by atoms with E-state index in [9.17, 15) is 44.6 Å². The Labute approximate surface area is 350 Å². The maximum Gasteiger partial charge on any atom is 0.472 e. The molecule has 0 bridgehead atoms. The van der Waals surface area contributed by atoms with Crippen LogP contribution < -0.4 is 0 Å². The van der Waals surface area contributed by atoms with Crippen molar-refractivity contribution >= 4 is 19.8 Å². The van der Waals surface area contributed by atoms with Crippen LogP contribution in [0.1, 0.15) is 200 Å². The molecule has 0 aromatic rings. The zero-order valence-corrected chi connectivity index (χ0v) is 37.0. The number of phosphoric ester groups is 1. The number of hydrogen-bond acceptors (Lipinski definition) is 12. The molecule has 1 aliphatic carbocycles. The number of ether oxygens (including phenoxy) is 2. The van der Waals surface area contributed by atoms with E-state index in [2.05, 4.69) is 26.0 Å². The van der Waals surface area contributed by atoms with Crippen LogP contribution in [0.4, 0.5) is 0 Å². The molecular formula is C44H83O13P. The Balaban J connectivity index is 2.42. The van der Waals surface area contributed by atoms with Crippen molar-refractivity contribution in [3.05, 3.63) is 12.2 Å². The van der Waals surface area contributed by atoms with Gasteiger partial charge in [0.2, 0.25) is 0 Å². The molecule has 14 heteroatoms. The van der Waals surface area contributed by atoms with Gasteiger partial charge in [-0.25, -0.2) is 4.57 Å². The third-order valence-corrected chi connectivity index (χ3v) is 11.8. The molecule has 0 aliphatic heterocycles. The SMILES string of the molecule is CCCCCCCC/C=C/CCCCCCCCCCCC(=O)O[C@H](COC(=O)CCCCCCCCCCCC)COP(=O)(O)OC1C(O)C(O)C(O)[C@H](O)C1O. The molecule has 0 aromatic heterocycles. The summed E-state index contributed by atoms with van der Waals surface area (Å²) in [5, 5.41) is 50.1. The zero-order valence-electron chi connectivity index (χ0n) is 36.1. The summed E-state index contributed by atoms with van der Waals surface area (Å²) < 4.78 is 33.5. The molecule has 1 aliphatic rings. The first kappa shape index (κ1) is 54.6. The summed E-state index contributed by atoms with van der Waals surface area (Å²) >= 11 is 0. The van der Waals surface area contributed by atoms with E-state index in [1.807, 2.05) is 0 Å². The van der Waals surface area contributed by atoms with Gasteiger partial charge in [0.15, 0.2) is 6.10 Å². The van der Waals surface area contributed by atoms with E-state index in [1.165, 1.54) is 109 Å². The zero-order chi connectivity index (χ0) is 42.9. The average Bonchev–Trinajstić information content (AvgIpc) is 3.20. The minimum Gasteiger partial charge on any atom is -0.462 e. The predicted octanol–water partition coefficient (Wildman–Crippen LogP) is 8.67. The highest BCUT2D eigenvalue weighted by molar-refractivity contribution is 7.47. The number of phosphoric acid groups is 1. The van der Waals surface area contributed by atoms with Crippen LogP contribution in [0.5, 0.6) is 0 Å². The van der Waals surface area contributed by atoms with Gasteiger partial charge in [0, 0.05) is 12.8 Å². The van der Waals surface area contributed by atoms with Crippen LogP contribution in [0, 0.1) is 0 Å². The number of hydrogen-bond donors (Lipinski definition) is 6. The number of esters is 2. The Hall–Kier alpha value is -1.41. The smallest absolute Gasteiger partial charge is 0.462 e. The second kappa shape index (κ2) is 35.2. The molecule has 58 heavy (non-hydrogen) atoms. The molecule has 6 N–H and O–H groups in total. The number of carbonyl (C=O) groups is 2. The third-order valence-electron chi connectivity index (χ3n) is 10.9. The van der Waals surface area contributed by atoms with Crippen LogP contribution >= 0.6 is 7.82 Å². The van der Waals surface area contributed by atoms with Crippen LogP contribution in [0.2, 0.25) is 0 Å². The summed E-state index contributed by atoms with van der Waals surface area (Å²) in [6, 6.07) is 0. The number of rotatable bonds is 38. The van der Waals surface area contributed by atoms with E-state index in [-0.39, 0.29) is 12.8 Å². The molecule has 13 nitrogen and oxygen atoms in total. The molecule has 0 spiro atoms. The highest BCUT2D eigenvalue weighted by atomic mass is 31.2. The van der Waals surface area contributed by atoms with Gasteiger partial charge >= 0.3 is 19.8 Å². The van der Waals surface area contributed by atoms with E-state index in [0.717, 1.165) is 51.4 Å². The van der Waals surface area contributed by atoms with Gasteiger partial charge in [-0.1, -0.05) is 161 Å². The van der Waals surface area contributed by atoms with Gasteiger partial charge in [-0.05, 0) is 38.5 Å². The number of aliphatic hydroxyl groups excluding tert-OH is 5. The number of allylic oxidation sites excluding steroid dienone is 2. The molecule has 0 aromatic carbocycles. The Kier molecular flexibility index (Phi) is 33.2. The summed E-state index contributed by atoms with van der Waals surface area (Å²) in [4.78, 5) is 35.6. The topological polar surface area (TPSA) is 210 Å². The highest BCUT2D eigenvalue weighted by Crippen LogP contribution is 2.47. The van der Waals surface area contributed by atoms with Crippen molar-refractivity contribution in [2.75, 3.05) is 13.2 Å². The molecule has 0 heterocycles. The van der Waals surface area contributed by atoms with Gasteiger partial charge < -0.3 is 39.9 Å². The van der Waals surface area contributed by atoms with Crippen molar-refractivity contribution in [1.82, 2.24) is 0 Å². The van der Waals surface area contributed by atoms with E-state index >= 15 is 0 Å². The molecule has 0 amide bonds. The first-order chi connectivity index (χ1) is 27.9. The summed E-state index contributed by atoms with van der Waals surface area (Å²) in [7, 11) is -5.11. The Morgan fingerprint density at radius 1 is 0.517 bits per heavy atom. The molecule has 1 fully saturated rings. The van der Waals surface area contributed by atoms with Crippen LogP contribution in [0.15, 0.2) is 12.2 Å². The molecule has 1 saturated carbocycles. The van der Waals surface area contributed by atoms with E-state index in [1.54, 1.807) is 0 Å². The molecular weight excluding hydrogens is 767 g/mol. The molecule has 1 rings (SSSR count). The van der Waals surface area contributed by atoms with Gasteiger partial charge in [0.25, 0.3) is 0 Å². The third kappa shape index (κ3) is 27.4. The second-order valence-corrected chi connectivity index (χ2v) is 17.7. The highest BCUT2D eigenvalue weighted by Gasteiger charge is 2.51. The summed E-state index contributed by atoms with van der Waals surface area (Å²) in [5.74, 6) is -1.10. The van der Waals surface area contributed by atoms with Gasteiger partial charge in [0.1, 0.15) is 43.2 Å². The van der Waals surface area contributed by atoms with Gasteiger partial charge in [-0.15, -0.1) is 0 Å². The van der Waals surface area contributed by atoms with Gasteiger partial charge in [-0.3, -0.25) is 18.6 Å². The molecule has 6 unspecified atom stereocenters. The normalized spacial score (nSPS) is 22.6. The molecule has 0 radical (unpaired) electrons. The molecule has 342 valence electrons. The minimum absolute atomic E-state index is 0.0985. The average molecular weight is 851 g/mol. The van der Waals surface area contributed by atoms with Crippen molar-refractivity contribution in [2.24, 2.45) is 0 Å². The summed E-state index contributed by atoms with van der Waals surface area (Å²) in [6.45, 7) is 3.28. The van der Waals surface area contributed by atoms with Gasteiger partial charge in [-0.2, -0.15) is 0 Å². The molecule has 0 saturated heterocycles. The fourth-order valence-electron chi connectivity index (χ4n) is 7.11. The lowest BCUT2D eigenvalue weighted by atomic mass is 9.85. The quantitative estimate of drug-likeness (QED) is 0.0149. The maximum absolute atomic E-state index is 12.8. The standard InChI is InChI=1S/C44H83O13P/c1-3-5-7-9-11-13-15-16-17-18-19-20-21-22-23-25-27-29-31-33-38(46)56-36(34-54-37(45)32-30-28-26-24-14-12-10-8-6-4-2)35-55-58(52,53)57-44-42(50)40(48)39(47)41(49)43(44)51/h16-17,36,39-44,47-51H,3-15,18-35H2,1-2H3,(H,52,53)/b17-16+/t36-,39?,40+,41?,42?,43?,44?/m1/s1. The fraction of sp³-hybridized carbons (Fsp3) is 0.909. The molecule has 8 atom stereocenters. The van der Waals surface area contributed by atoms with Crippen LogP contribution in [0.25, 0.3) is 0 Å². The minimum atomic E-state index is -5.11. The fourth-order valence-corrected chi connectivity index (χ4v) is 8.08. The lowest BCUT2D eigenvalue weighted by Gasteiger charge is -2.41. The van der Waals surface area contributed by atoms with Crippen LogP contribution in [-0.2, 0) is 32.7 Å².